The second-order valence-electron chi connectivity index (χ2n) is 7.12. The quantitative estimate of drug-likeness (QED) is 0.345. The number of carbonyl (C=O) groups is 1. The first kappa shape index (κ1) is 24.1. The molecular weight excluding hydrogens is 399 g/mol. The van der Waals surface area contributed by atoms with Crippen LogP contribution in [0.3, 0.4) is 0 Å². The SMILES string of the molecule is CCOC(=O)Cc1ccc(C)cc1OC(C)/C(F)=C/C(=C(\C)O)c1ccnc(CN)c1. The molecule has 1 atom stereocenters. The van der Waals surface area contributed by atoms with Crippen molar-refractivity contribution in [1.29, 1.82) is 0 Å². The number of benzene rings is 1. The zero-order valence-corrected chi connectivity index (χ0v) is 18.3. The fourth-order valence-electron chi connectivity index (χ4n) is 2.94. The molecule has 0 fully saturated rings. The molecule has 0 aliphatic carbocycles. The summed E-state index contributed by atoms with van der Waals surface area (Å²) in [6.07, 6.45) is 1.87. The van der Waals surface area contributed by atoms with Gasteiger partial charge in [-0.25, -0.2) is 4.39 Å². The van der Waals surface area contributed by atoms with Crippen LogP contribution < -0.4 is 10.5 Å². The molecule has 1 aromatic heterocycles. The number of aromatic nitrogens is 1. The Kier molecular flexibility index (Phi) is 8.75. The summed E-state index contributed by atoms with van der Waals surface area (Å²) in [5.74, 6) is -0.604. The highest BCUT2D eigenvalue weighted by Crippen LogP contribution is 2.27. The molecule has 1 aromatic carbocycles. The number of ether oxygens (including phenoxy) is 2. The van der Waals surface area contributed by atoms with Crippen molar-refractivity contribution >= 4 is 11.5 Å². The van der Waals surface area contributed by atoms with E-state index in [1.165, 1.54) is 13.0 Å². The fraction of sp³-hybridized carbons (Fsp3) is 0.333. The van der Waals surface area contributed by atoms with Crippen LogP contribution in [0.5, 0.6) is 5.75 Å². The molecule has 0 aliphatic heterocycles. The minimum atomic E-state index is -0.951. The molecule has 1 unspecified atom stereocenters. The van der Waals surface area contributed by atoms with Crippen molar-refractivity contribution in [2.24, 2.45) is 5.73 Å². The lowest BCUT2D eigenvalue weighted by Gasteiger charge is -2.17. The van der Waals surface area contributed by atoms with Crippen LogP contribution in [0.4, 0.5) is 4.39 Å². The smallest absolute Gasteiger partial charge is 0.310 e. The third-order valence-corrected chi connectivity index (χ3v) is 4.56. The number of aliphatic hydroxyl groups is 1. The molecule has 0 spiro atoms. The van der Waals surface area contributed by atoms with Gasteiger partial charge >= 0.3 is 5.97 Å². The molecule has 1 heterocycles. The summed E-state index contributed by atoms with van der Waals surface area (Å²) >= 11 is 0. The monoisotopic (exact) mass is 428 g/mol. The molecule has 0 bridgehead atoms. The molecule has 3 N–H and O–H groups in total. The largest absolute Gasteiger partial charge is 0.512 e. The normalized spacial score (nSPS) is 13.4. The number of esters is 1. The van der Waals surface area contributed by atoms with E-state index in [2.05, 4.69) is 4.98 Å². The van der Waals surface area contributed by atoms with Crippen LogP contribution in [0.15, 0.2) is 54.2 Å². The van der Waals surface area contributed by atoms with Crippen LogP contribution in [-0.4, -0.2) is 28.8 Å². The lowest BCUT2D eigenvalue weighted by atomic mass is 10.0. The van der Waals surface area contributed by atoms with Crippen LogP contribution >= 0.6 is 0 Å². The van der Waals surface area contributed by atoms with Gasteiger partial charge in [-0.1, -0.05) is 12.1 Å². The molecule has 2 aromatic rings. The molecule has 0 aliphatic rings. The Morgan fingerprint density at radius 1 is 1.32 bits per heavy atom. The second kappa shape index (κ2) is 11.3. The first-order valence-corrected chi connectivity index (χ1v) is 10.1. The highest BCUT2D eigenvalue weighted by Gasteiger charge is 2.17. The predicted molar refractivity (Wildman–Crippen MR) is 118 cm³/mol. The highest BCUT2D eigenvalue weighted by atomic mass is 19.1. The topological polar surface area (TPSA) is 94.7 Å². The van der Waals surface area contributed by atoms with Crippen LogP contribution in [0, 0.1) is 6.92 Å². The number of nitrogens with zero attached hydrogens (tertiary/aromatic N) is 1. The Labute approximate surface area is 182 Å². The summed E-state index contributed by atoms with van der Waals surface area (Å²) < 4.78 is 25.9. The Morgan fingerprint density at radius 3 is 2.71 bits per heavy atom. The van der Waals surface area contributed by atoms with Crippen LogP contribution in [0.25, 0.3) is 5.57 Å². The summed E-state index contributed by atoms with van der Waals surface area (Å²) in [4.78, 5) is 16.0. The molecule has 0 saturated carbocycles. The average Bonchev–Trinajstić information content (AvgIpc) is 2.73. The number of hydrogen-bond donors (Lipinski definition) is 2. The number of aliphatic hydroxyl groups excluding tert-OH is 1. The number of aryl methyl sites for hydroxylation is 1. The van der Waals surface area contributed by atoms with Crippen molar-refractivity contribution in [3.63, 3.8) is 0 Å². The summed E-state index contributed by atoms with van der Waals surface area (Å²) in [6.45, 7) is 7.17. The van der Waals surface area contributed by atoms with E-state index in [1.54, 1.807) is 44.3 Å². The first-order chi connectivity index (χ1) is 14.7. The van der Waals surface area contributed by atoms with Gasteiger partial charge in [0.2, 0.25) is 0 Å². The molecule has 0 saturated heterocycles. The fourth-order valence-corrected chi connectivity index (χ4v) is 2.94. The molecule has 7 heteroatoms. The van der Waals surface area contributed by atoms with E-state index >= 15 is 4.39 Å². The van der Waals surface area contributed by atoms with Crippen molar-refractivity contribution in [3.8, 4) is 5.75 Å². The number of halogens is 1. The standard InChI is InChI=1S/C24H29FN2O4/c1-5-30-24(29)12-19-7-6-15(2)10-23(19)31-17(4)22(25)13-21(16(3)28)18-8-9-27-20(11-18)14-26/h6-11,13,17,28H,5,12,14,26H2,1-4H3/b21-16-,22-13-. The average molecular weight is 429 g/mol. The van der Waals surface area contributed by atoms with Crippen LogP contribution in [0.2, 0.25) is 0 Å². The number of rotatable bonds is 9. The highest BCUT2D eigenvalue weighted by molar-refractivity contribution is 5.76. The zero-order valence-electron chi connectivity index (χ0n) is 18.3. The summed E-state index contributed by atoms with van der Waals surface area (Å²) in [7, 11) is 0. The summed E-state index contributed by atoms with van der Waals surface area (Å²) in [5, 5.41) is 10.1. The molecular formula is C24H29FN2O4. The van der Waals surface area contributed by atoms with Crippen molar-refractivity contribution < 1.29 is 23.8 Å². The van der Waals surface area contributed by atoms with Gasteiger partial charge in [0.05, 0.1) is 24.5 Å². The van der Waals surface area contributed by atoms with Crippen molar-refractivity contribution in [1.82, 2.24) is 4.98 Å². The van der Waals surface area contributed by atoms with E-state index in [4.69, 9.17) is 15.2 Å². The van der Waals surface area contributed by atoms with E-state index in [0.29, 0.717) is 28.1 Å². The van der Waals surface area contributed by atoms with Gasteiger partial charge in [-0.15, -0.1) is 0 Å². The first-order valence-electron chi connectivity index (χ1n) is 10.1. The van der Waals surface area contributed by atoms with E-state index < -0.39 is 11.9 Å². The van der Waals surface area contributed by atoms with Gasteiger partial charge in [-0.3, -0.25) is 9.78 Å². The van der Waals surface area contributed by atoms with Gasteiger partial charge in [-0.05, 0) is 63.1 Å². The zero-order chi connectivity index (χ0) is 23.0. The maximum absolute atomic E-state index is 15.0. The summed E-state index contributed by atoms with van der Waals surface area (Å²) in [6, 6.07) is 8.74. The third kappa shape index (κ3) is 6.93. The Bertz CT molecular complexity index is 981. The van der Waals surface area contributed by atoms with Crippen LogP contribution in [0.1, 0.15) is 43.2 Å². The van der Waals surface area contributed by atoms with E-state index in [1.807, 2.05) is 13.0 Å². The van der Waals surface area contributed by atoms with Crippen molar-refractivity contribution in [3.05, 3.63) is 76.6 Å². The summed E-state index contributed by atoms with van der Waals surface area (Å²) in [5.41, 5.74) is 8.67. The maximum Gasteiger partial charge on any atom is 0.310 e. The second-order valence-corrected chi connectivity index (χ2v) is 7.12. The van der Waals surface area contributed by atoms with Gasteiger partial charge in [0, 0.05) is 23.9 Å². The number of allylic oxidation sites excluding steroid dienone is 3. The lowest BCUT2D eigenvalue weighted by molar-refractivity contribution is -0.142. The van der Waals surface area contributed by atoms with E-state index in [0.717, 1.165) is 5.56 Å². The molecule has 31 heavy (non-hydrogen) atoms. The number of hydrogen-bond acceptors (Lipinski definition) is 6. The molecule has 166 valence electrons. The van der Waals surface area contributed by atoms with Gasteiger partial charge in [-0.2, -0.15) is 0 Å². The maximum atomic E-state index is 15.0. The molecule has 2 rings (SSSR count). The van der Waals surface area contributed by atoms with Crippen molar-refractivity contribution in [2.75, 3.05) is 6.61 Å². The predicted octanol–water partition coefficient (Wildman–Crippen LogP) is 4.56. The lowest BCUT2D eigenvalue weighted by Crippen LogP contribution is -2.15. The Morgan fingerprint density at radius 2 is 2.06 bits per heavy atom. The molecule has 0 radical (unpaired) electrons. The van der Waals surface area contributed by atoms with E-state index in [9.17, 15) is 9.90 Å². The minimum absolute atomic E-state index is 0.0291. The van der Waals surface area contributed by atoms with Gasteiger partial charge in [0.15, 0.2) is 0 Å². The van der Waals surface area contributed by atoms with Crippen LogP contribution in [-0.2, 0) is 22.5 Å². The Balaban J connectivity index is 2.29. The Hall–Kier alpha value is -3.19. The van der Waals surface area contributed by atoms with Crippen molar-refractivity contribution in [2.45, 2.75) is 46.8 Å². The minimum Gasteiger partial charge on any atom is -0.512 e. The van der Waals surface area contributed by atoms with Gasteiger partial charge in [0.1, 0.15) is 17.7 Å². The molecule has 0 amide bonds. The number of nitrogens with two attached hydrogens (primary N) is 1. The molecule has 6 nitrogen and oxygen atoms in total. The van der Waals surface area contributed by atoms with E-state index in [-0.39, 0.29) is 31.3 Å². The number of carbonyl (C=O) groups excluding carboxylic acids is 1. The van der Waals surface area contributed by atoms with Gasteiger partial charge < -0.3 is 20.3 Å². The van der Waals surface area contributed by atoms with Gasteiger partial charge in [0.25, 0.3) is 0 Å². The third-order valence-electron chi connectivity index (χ3n) is 4.56. The number of pyridine rings is 1.